The van der Waals surface area contributed by atoms with Crippen LogP contribution in [0.25, 0.3) is 0 Å². The van der Waals surface area contributed by atoms with E-state index in [0.29, 0.717) is 21.6 Å². The Morgan fingerprint density at radius 2 is 1.47 bits per heavy atom. The fraction of sp³-hybridized carbons (Fsp3) is 0.294. The summed E-state index contributed by atoms with van der Waals surface area (Å²) in [6.07, 6.45) is -0.579. The maximum absolute atomic E-state index is 14.1. The summed E-state index contributed by atoms with van der Waals surface area (Å²) in [6.45, 7) is 0.354. The van der Waals surface area contributed by atoms with E-state index in [0.717, 1.165) is 11.1 Å². The van der Waals surface area contributed by atoms with Gasteiger partial charge in [0.15, 0.2) is 0 Å². The number of hydrogen-bond donors (Lipinski definition) is 4. The molecule has 7 rings (SSSR count). The number of amides is 5. The molecule has 0 radical (unpaired) electrons. The van der Waals surface area contributed by atoms with Crippen LogP contribution in [0.3, 0.4) is 0 Å². The molecule has 2 fully saturated rings. The van der Waals surface area contributed by atoms with Crippen molar-refractivity contribution in [3.8, 4) is 0 Å². The summed E-state index contributed by atoms with van der Waals surface area (Å²) in [5.41, 5.74) is 3.38. The van der Waals surface area contributed by atoms with Gasteiger partial charge in [-0.05, 0) is 58.3 Å². The van der Waals surface area contributed by atoms with Crippen LogP contribution in [0.4, 0.5) is 0 Å². The highest BCUT2D eigenvalue weighted by Crippen LogP contribution is 2.26. The minimum Gasteiger partial charge on any atom is -0.423 e. The van der Waals surface area contributed by atoms with Crippen molar-refractivity contribution >= 4 is 60.7 Å². The fourth-order valence-electron chi connectivity index (χ4n) is 6.72. The lowest BCUT2D eigenvalue weighted by Gasteiger charge is -2.27. The number of benzene rings is 3. The second-order valence-electron chi connectivity index (χ2n) is 12.8. The number of hydroxylamine groups is 2. The van der Waals surface area contributed by atoms with Gasteiger partial charge in [-0.3, -0.25) is 24.0 Å². The second kappa shape index (κ2) is 14.1. The third-order valence-corrected chi connectivity index (χ3v) is 9.41. The minimum atomic E-state index is -1.20. The highest BCUT2D eigenvalue weighted by atomic mass is 16.7. The van der Waals surface area contributed by atoms with E-state index in [1.165, 1.54) is 17.0 Å². The van der Waals surface area contributed by atoms with Crippen LogP contribution < -0.4 is 21.6 Å². The molecular weight excluding hydrogens is 662 g/mol. The lowest BCUT2D eigenvalue weighted by Crippen LogP contribution is -2.47. The second-order valence-corrected chi connectivity index (χ2v) is 12.8. The molecule has 4 aliphatic rings. The summed E-state index contributed by atoms with van der Waals surface area (Å²) >= 11 is 0. The zero-order valence-corrected chi connectivity index (χ0v) is 27.2. The van der Waals surface area contributed by atoms with Crippen molar-refractivity contribution in [3.05, 3.63) is 94.5 Å². The molecule has 3 aromatic carbocycles. The molecule has 0 bridgehead atoms. The van der Waals surface area contributed by atoms with Gasteiger partial charge < -0.3 is 39.7 Å². The van der Waals surface area contributed by atoms with E-state index >= 15 is 0 Å². The van der Waals surface area contributed by atoms with Gasteiger partial charge in [0, 0.05) is 36.6 Å². The average molecular weight is 694 g/mol. The summed E-state index contributed by atoms with van der Waals surface area (Å²) in [4.78, 5) is 85.0. The third-order valence-electron chi connectivity index (χ3n) is 9.41. The third kappa shape index (κ3) is 7.01. The zero-order chi connectivity index (χ0) is 35.8. The van der Waals surface area contributed by atoms with Crippen LogP contribution in [0.2, 0.25) is 0 Å². The van der Waals surface area contributed by atoms with Crippen LogP contribution in [-0.2, 0) is 46.5 Å². The molecule has 3 aromatic rings. The molecule has 4 N–H and O–H groups in total. The van der Waals surface area contributed by atoms with Crippen molar-refractivity contribution < 1.29 is 53.0 Å². The van der Waals surface area contributed by atoms with Gasteiger partial charge in [-0.25, -0.2) is 4.79 Å². The molecule has 51 heavy (non-hydrogen) atoms. The molecule has 2 saturated heterocycles. The van der Waals surface area contributed by atoms with Gasteiger partial charge in [0.1, 0.15) is 6.04 Å². The first-order chi connectivity index (χ1) is 24.5. The Kier molecular flexibility index (Phi) is 9.44. The maximum Gasteiger partial charge on any atom is 0.491 e. The Morgan fingerprint density at radius 1 is 0.863 bits per heavy atom. The quantitative estimate of drug-likeness (QED) is 0.158. The Hall–Kier alpha value is -5.35. The zero-order valence-electron chi connectivity index (χ0n) is 27.2. The van der Waals surface area contributed by atoms with E-state index in [2.05, 4.69) is 10.6 Å². The number of rotatable bonds is 9. The Balaban J connectivity index is 1.13. The van der Waals surface area contributed by atoms with Crippen molar-refractivity contribution in [1.29, 1.82) is 0 Å². The Labute approximate surface area is 292 Å². The van der Waals surface area contributed by atoms with Crippen molar-refractivity contribution in [3.63, 3.8) is 0 Å². The first kappa shape index (κ1) is 34.1. The number of nitrogens with zero attached hydrogens (tertiary/aromatic N) is 2. The normalized spacial score (nSPS) is 20.0. The smallest absolute Gasteiger partial charge is 0.423 e. The predicted molar refractivity (Wildman–Crippen MR) is 177 cm³/mol. The Morgan fingerprint density at radius 3 is 2.12 bits per heavy atom. The highest BCUT2D eigenvalue weighted by Gasteiger charge is 2.42. The van der Waals surface area contributed by atoms with Crippen LogP contribution in [0.5, 0.6) is 0 Å². The summed E-state index contributed by atoms with van der Waals surface area (Å²) in [5.74, 6) is -3.86. The predicted octanol–water partition coefficient (Wildman–Crippen LogP) is -1.01. The van der Waals surface area contributed by atoms with E-state index in [4.69, 9.17) is 14.1 Å². The number of carbonyl (C=O) groups is 6. The number of imide groups is 1. The van der Waals surface area contributed by atoms with Gasteiger partial charge in [0.2, 0.25) is 5.91 Å². The fourth-order valence-corrected chi connectivity index (χ4v) is 6.72. The Bertz CT molecular complexity index is 1910. The summed E-state index contributed by atoms with van der Waals surface area (Å²) < 4.78 is 10.5. The minimum absolute atomic E-state index is 0.0133. The molecule has 5 amide bonds. The van der Waals surface area contributed by atoms with Gasteiger partial charge in [-0.2, -0.15) is 0 Å². The van der Waals surface area contributed by atoms with Crippen LogP contribution >= 0.6 is 0 Å². The molecule has 0 aliphatic carbocycles. The summed E-state index contributed by atoms with van der Waals surface area (Å²) in [6, 6.07) is 15.3. The van der Waals surface area contributed by atoms with Crippen LogP contribution in [-0.4, -0.2) is 88.4 Å². The molecule has 0 spiro atoms. The molecule has 17 heteroatoms. The van der Waals surface area contributed by atoms with Crippen molar-refractivity contribution in [2.45, 2.75) is 57.0 Å². The number of nitrogens with one attached hydrogen (secondary N) is 2. The molecule has 260 valence electrons. The van der Waals surface area contributed by atoms with E-state index in [1.54, 1.807) is 54.6 Å². The van der Waals surface area contributed by atoms with E-state index < -0.39 is 74.3 Å². The van der Waals surface area contributed by atoms with Crippen LogP contribution in [0.15, 0.2) is 66.7 Å². The van der Waals surface area contributed by atoms with Gasteiger partial charge in [0.25, 0.3) is 23.6 Å². The van der Waals surface area contributed by atoms with Gasteiger partial charge in [0.05, 0.1) is 25.7 Å². The number of fused-ring (bicyclic) bond motifs is 2. The molecule has 0 unspecified atom stereocenters. The summed E-state index contributed by atoms with van der Waals surface area (Å²) in [5, 5.41) is 26.6. The van der Waals surface area contributed by atoms with Gasteiger partial charge >= 0.3 is 20.2 Å². The average Bonchev–Trinajstić information content (AvgIpc) is 3.91. The van der Waals surface area contributed by atoms with E-state index in [1.807, 2.05) is 0 Å². The number of hydrogen-bond acceptors (Lipinski definition) is 11. The van der Waals surface area contributed by atoms with E-state index in [-0.39, 0.29) is 50.1 Å². The van der Waals surface area contributed by atoms with Crippen LogP contribution in [0, 0.1) is 0 Å². The highest BCUT2D eigenvalue weighted by molar-refractivity contribution is 6.62. The van der Waals surface area contributed by atoms with Crippen molar-refractivity contribution in [2.24, 2.45) is 0 Å². The van der Waals surface area contributed by atoms with Gasteiger partial charge in [-0.1, -0.05) is 42.5 Å². The molecule has 15 nitrogen and oxygen atoms in total. The number of carbonyl (C=O) groups excluding carboxylic acids is 6. The first-order valence-electron chi connectivity index (χ1n) is 16.4. The van der Waals surface area contributed by atoms with Crippen LogP contribution in [0.1, 0.15) is 69.1 Å². The topological polar surface area (TPSA) is 201 Å². The molecule has 0 saturated carbocycles. The standard InChI is InChI=1S/C34H32B2N4O11/c41-29-10-11-30(42)40(29)51-31(43)15-27(19-4-2-1-3-5-19)38-33(45)28-14-24(37-32(44)20-6-8-22-17-49-35(47)25(22)12-20)16-39(28)34(46)21-7-9-23-18-50-36(48)26(23)13-21/h1-9,12-13,24,27-28,47-48H,10-11,14-18H2,(H,37,44)(H,38,45)/t24-,27-,28+/m1/s1. The summed E-state index contributed by atoms with van der Waals surface area (Å²) in [7, 11) is -2.35. The van der Waals surface area contributed by atoms with Crippen molar-refractivity contribution in [1.82, 2.24) is 20.6 Å². The first-order valence-corrected chi connectivity index (χ1v) is 16.4. The lowest BCUT2D eigenvalue weighted by molar-refractivity contribution is -0.197. The van der Waals surface area contributed by atoms with Crippen molar-refractivity contribution in [2.75, 3.05) is 6.54 Å². The molecule has 4 aliphatic heterocycles. The maximum atomic E-state index is 14.1. The molecule has 4 heterocycles. The lowest BCUT2D eigenvalue weighted by atomic mass is 9.78. The number of likely N-dealkylation sites (tertiary alicyclic amines) is 1. The van der Waals surface area contributed by atoms with E-state index in [9.17, 15) is 38.8 Å². The largest absolute Gasteiger partial charge is 0.491 e. The molecule has 0 aromatic heterocycles. The monoisotopic (exact) mass is 694 g/mol. The SMILES string of the molecule is O=C(C[C@@H](NC(=O)[C@@H]1C[C@@H](NC(=O)c2ccc3c(c2)B(O)OC3)CN1C(=O)c1ccc2c(c1)B(O)OC2)c1ccccc1)ON1C(=O)CCC1=O. The molecule has 3 atom stereocenters. The van der Waals surface area contributed by atoms with Gasteiger partial charge in [-0.15, -0.1) is 5.06 Å². The molecular formula is C34H32B2N4O11.